The quantitative estimate of drug-likeness (QED) is 0.629. The molecule has 2 heterocycles. The Morgan fingerprint density at radius 3 is 1.14 bits per heavy atom. The van der Waals surface area contributed by atoms with Crippen molar-refractivity contribution in [1.29, 1.82) is 0 Å². The van der Waals surface area contributed by atoms with E-state index in [0.29, 0.717) is 0 Å². The summed E-state index contributed by atoms with van der Waals surface area (Å²) in [4.78, 5) is 0. The Kier molecular flexibility index (Phi) is 2.97. The lowest BCUT2D eigenvalue weighted by molar-refractivity contribution is 1.18. The van der Waals surface area contributed by atoms with Gasteiger partial charge in [-0.25, -0.2) is 0 Å². The molecular weight excluding hydrogens is 248 g/mol. The highest BCUT2D eigenvalue weighted by Gasteiger charge is 2.16. The molecule has 0 amide bonds. The van der Waals surface area contributed by atoms with Gasteiger partial charge in [-0.3, -0.25) is 0 Å². The fourth-order valence-electron chi connectivity index (χ4n) is 1.75. The van der Waals surface area contributed by atoms with Gasteiger partial charge in [-0.2, -0.15) is 0 Å². The molecule has 0 nitrogen and oxygen atoms in total. The minimum atomic E-state index is 1.20. The first kappa shape index (κ1) is 9.82. The van der Waals surface area contributed by atoms with Gasteiger partial charge in [0.25, 0.3) is 0 Å². The SMILES string of the molecule is c1c2c(cc3c1CSSC3)CSSC2. The van der Waals surface area contributed by atoms with Gasteiger partial charge in [-0.15, -0.1) is 0 Å². The molecule has 0 bridgehead atoms. The molecule has 0 aromatic heterocycles. The number of rotatable bonds is 0. The number of hydrogen-bond acceptors (Lipinski definition) is 4. The molecule has 0 unspecified atom stereocenters. The summed E-state index contributed by atoms with van der Waals surface area (Å²) < 4.78 is 0. The van der Waals surface area contributed by atoms with Crippen LogP contribution < -0.4 is 0 Å². The van der Waals surface area contributed by atoms with E-state index in [-0.39, 0.29) is 0 Å². The molecule has 1 aromatic carbocycles. The lowest BCUT2D eigenvalue weighted by atomic mass is 10.0. The summed E-state index contributed by atoms with van der Waals surface area (Å²) in [7, 11) is 7.97. The maximum Gasteiger partial charge on any atom is 0.0292 e. The van der Waals surface area contributed by atoms with E-state index >= 15 is 0 Å². The van der Waals surface area contributed by atoms with Gasteiger partial charge in [0.1, 0.15) is 0 Å². The van der Waals surface area contributed by atoms with Crippen LogP contribution in [0.4, 0.5) is 0 Å². The third-order valence-corrected chi connectivity index (χ3v) is 7.01. The number of benzene rings is 1. The van der Waals surface area contributed by atoms with Gasteiger partial charge in [0.2, 0.25) is 0 Å². The van der Waals surface area contributed by atoms with E-state index < -0.39 is 0 Å². The molecule has 0 spiro atoms. The van der Waals surface area contributed by atoms with Crippen molar-refractivity contribution < 1.29 is 0 Å². The zero-order chi connectivity index (χ0) is 9.38. The fraction of sp³-hybridized carbons (Fsp3) is 0.400. The van der Waals surface area contributed by atoms with Crippen molar-refractivity contribution in [2.75, 3.05) is 0 Å². The summed E-state index contributed by atoms with van der Waals surface area (Å²) in [6.45, 7) is 0. The molecule has 0 N–H and O–H groups in total. The summed E-state index contributed by atoms with van der Waals surface area (Å²) in [6, 6.07) is 4.90. The second kappa shape index (κ2) is 4.24. The largest absolute Gasteiger partial charge is 0.0890 e. The van der Waals surface area contributed by atoms with E-state index in [1.807, 2.05) is 43.2 Å². The van der Waals surface area contributed by atoms with Crippen molar-refractivity contribution in [3.8, 4) is 0 Å². The van der Waals surface area contributed by atoms with Gasteiger partial charge in [0.15, 0.2) is 0 Å². The van der Waals surface area contributed by atoms with Crippen LogP contribution in [0.3, 0.4) is 0 Å². The van der Waals surface area contributed by atoms with Crippen molar-refractivity contribution >= 4 is 43.2 Å². The Bertz CT molecular complexity index is 295. The first-order chi connectivity index (χ1) is 6.93. The van der Waals surface area contributed by atoms with Crippen molar-refractivity contribution in [2.45, 2.75) is 23.0 Å². The summed E-state index contributed by atoms with van der Waals surface area (Å²) in [5.41, 5.74) is 6.33. The van der Waals surface area contributed by atoms with E-state index in [4.69, 9.17) is 0 Å². The van der Waals surface area contributed by atoms with E-state index in [2.05, 4.69) is 12.1 Å². The zero-order valence-corrected chi connectivity index (χ0v) is 10.9. The molecule has 74 valence electrons. The Balaban J connectivity index is 2.06. The number of hydrogen-bond donors (Lipinski definition) is 0. The molecule has 0 atom stereocenters. The highest BCUT2D eigenvalue weighted by atomic mass is 33.1. The predicted molar refractivity (Wildman–Crippen MR) is 71.6 cm³/mol. The monoisotopic (exact) mass is 258 g/mol. The van der Waals surface area contributed by atoms with Crippen LogP contribution in [-0.2, 0) is 23.0 Å². The average Bonchev–Trinajstić information content (AvgIpc) is 2.26. The smallest absolute Gasteiger partial charge is 0.0292 e. The molecular formula is C10H10S4. The van der Waals surface area contributed by atoms with Crippen molar-refractivity contribution in [3.05, 3.63) is 34.4 Å². The Labute approximate surface area is 100 Å². The van der Waals surface area contributed by atoms with Gasteiger partial charge in [-0.05, 0) is 22.3 Å². The Morgan fingerprint density at radius 1 is 0.571 bits per heavy atom. The number of fused-ring (bicyclic) bond motifs is 2. The molecule has 2 aliphatic heterocycles. The topological polar surface area (TPSA) is 0 Å². The van der Waals surface area contributed by atoms with Crippen LogP contribution in [0, 0.1) is 0 Å². The Hall–Kier alpha value is 0.620. The predicted octanol–water partition coefficient (Wildman–Crippen LogP) is 4.48. The van der Waals surface area contributed by atoms with Gasteiger partial charge in [0.05, 0.1) is 0 Å². The standard InChI is InChI=1S/C10H10S4/c1-7-3-11-13-5-9(7)2-10-6-14-12-4-8(1)10/h1-2H,3-6H2. The lowest BCUT2D eigenvalue weighted by Gasteiger charge is -2.21. The van der Waals surface area contributed by atoms with E-state index in [9.17, 15) is 0 Å². The highest BCUT2D eigenvalue weighted by molar-refractivity contribution is 8.76. The van der Waals surface area contributed by atoms with Crippen LogP contribution in [0.25, 0.3) is 0 Å². The summed E-state index contributed by atoms with van der Waals surface area (Å²) in [6.07, 6.45) is 0. The second-order valence-electron chi connectivity index (χ2n) is 3.44. The molecule has 0 fully saturated rings. The normalized spacial score (nSPS) is 20.0. The van der Waals surface area contributed by atoms with E-state index in [1.54, 1.807) is 22.3 Å². The van der Waals surface area contributed by atoms with Gasteiger partial charge >= 0.3 is 0 Å². The summed E-state index contributed by atoms with van der Waals surface area (Å²) >= 11 is 0. The molecule has 1 aromatic rings. The molecule has 3 rings (SSSR count). The summed E-state index contributed by atoms with van der Waals surface area (Å²) in [5, 5.41) is 0. The first-order valence-corrected chi connectivity index (χ1v) is 9.53. The van der Waals surface area contributed by atoms with Crippen LogP contribution >= 0.6 is 43.2 Å². The van der Waals surface area contributed by atoms with Crippen LogP contribution in [-0.4, -0.2) is 0 Å². The average molecular weight is 258 g/mol. The molecule has 0 saturated heterocycles. The van der Waals surface area contributed by atoms with Crippen molar-refractivity contribution in [3.63, 3.8) is 0 Å². The van der Waals surface area contributed by atoms with Gasteiger partial charge in [-0.1, -0.05) is 55.3 Å². The minimum Gasteiger partial charge on any atom is -0.0890 e. The maximum absolute atomic E-state index is 2.45. The first-order valence-electron chi connectivity index (χ1n) is 4.56. The van der Waals surface area contributed by atoms with Crippen LogP contribution in [0.1, 0.15) is 22.3 Å². The molecule has 2 aliphatic rings. The van der Waals surface area contributed by atoms with Crippen LogP contribution in [0.5, 0.6) is 0 Å². The molecule has 0 saturated carbocycles. The minimum absolute atomic E-state index is 1.20. The molecule has 14 heavy (non-hydrogen) atoms. The van der Waals surface area contributed by atoms with E-state index in [1.165, 1.54) is 23.0 Å². The molecule has 0 radical (unpaired) electrons. The van der Waals surface area contributed by atoms with Crippen LogP contribution in [0.2, 0.25) is 0 Å². The third-order valence-electron chi connectivity index (χ3n) is 2.55. The second-order valence-corrected chi connectivity index (χ2v) is 8.36. The van der Waals surface area contributed by atoms with Gasteiger partial charge < -0.3 is 0 Å². The Morgan fingerprint density at radius 2 is 0.857 bits per heavy atom. The molecule has 0 aliphatic carbocycles. The fourth-order valence-corrected chi connectivity index (χ4v) is 6.19. The summed E-state index contributed by atoms with van der Waals surface area (Å²) in [5.74, 6) is 4.80. The van der Waals surface area contributed by atoms with Gasteiger partial charge in [0, 0.05) is 23.0 Å². The third kappa shape index (κ3) is 1.82. The van der Waals surface area contributed by atoms with E-state index in [0.717, 1.165) is 0 Å². The van der Waals surface area contributed by atoms with Crippen LogP contribution in [0.15, 0.2) is 12.1 Å². The maximum atomic E-state index is 2.45. The molecule has 4 heteroatoms. The highest BCUT2D eigenvalue weighted by Crippen LogP contribution is 2.42. The lowest BCUT2D eigenvalue weighted by Crippen LogP contribution is -2.02. The van der Waals surface area contributed by atoms with Crippen molar-refractivity contribution in [2.24, 2.45) is 0 Å². The van der Waals surface area contributed by atoms with Crippen molar-refractivity contribution in [1.82, 2.24) is 0 Å². The zero-order valence-electron chi connectivity index (χ0n) is 7.62.